The predicted molar refractivity (Wildman–Crippen MR) is 123 cm³/mol. The van der Waals surface area contributed by atoms with Crippen molar-refractivity contribution in [3.63, 3.8) is 0 Å². The fourth-order valence-electron chi connectivity index (χ4n) is 3.10. The number of methoxy groups -OCH3 is 2. The Labute approximate surface area is 198 Å². The quantitative estimate of drug-likeness (QED) is 0.214. The highest BCUT2D eigenvalue weighted by Gasteiger charge is 2.21. The van der Waals surface area contributed by atoms with E-state index in [4.69, 9.17) is 14.2 Å². The number of anilines is 1. The van der Waals surface area contributed by atoms with E-state index in [0.717, 1.165) is 17.7 Å². The van der Waals surface area contributed by atoms with Crippen molar-refractivity contribution in [2.75, 3.05) is 19.5 Å². The topological polar surface area (TPSA) is 160 Å². The van der Waals surface area contributed by atoms with Crippen LogP contribution in [0.4, 0.5) is 17.1 Å². The lowest BCUT2D eigenvalue weighted by molar-refractivity contribution is -0.385. The average molecular weight is 481 g/mol. The van der Waals surface area contributed by atoms with Crippen LogP contribution in [-0.4, -0.2) is 35.9 Å². The van der Waals surface area contributed by atoms with Gasteiger partial charge in [-0.1, -0.05) is 6.07 Å². The first-order valence-corrected chi connectivity index (χ1v) is 9.93. The Bertz CT molecular complexity index is 1340. The van der Waals surface area contributed by atoms with E-state index in [0.29, 0.717) is 0 Å². The largest absolute Gasteiger partial charge is 0.490 e. The lowest BCUT2D eigenvalue weighted by Crippen LogP contribution is -2.15. The molecule has 35 heavy (non-hydrogen) atoms. The minimum absolute atomic E-state index is 0.00802. The number of ether oxygens (including phenoxy) is 3. The van der Waals surface area contributed by atoms with Gasteiger partial charge in [0.2, 0.25) is 0 Å². The molecule has 3 aromatic carbocycles. The van der Waals surface area contributed by atoms with Crippen molar-refractivity contribution in [1.29, 1.82) is 0 Å². The summed E-state index contributed by atoms with van der Waals surface area (Å²) in [7, 11) is 2.48. The van der Waals surface area contributed by atoms with Crippen LogP contribution in [0.5, 0.6) is 17.2 Å². The lowest BCUT2D eigenvalue weighted by Gasteiger charge is -2.13. The molecule has 0 fully saturated rings. The highest BCUT2D eigenvalue weighted by molar-refractivity contribution is 6.06. The molecule has 0 saturated carbocycles. The maximum absolute atomic E-state index is 12.8. The van der Waals surface area contributed by atoms with Crippen LogP contribution in [0.2, 0.25) is 0 Å². The van der Waals surface area contributed by atoms with Gasteiger partial charge in [-0.3, -0.25) is 25.0 Å². The number of nitrogens with one attached hydrogen (secondary N) is 1. The van der Waals surface area contributed by atoms with Gasteiger partial charge in [0.05, 0.1) is 35.3 Å². The van der Waals surface area contributed by atoms with E-state index in [1.54, 1.807) is 13.0 Å². The molecule has 12 heteroatoms. The second kappa shape index (κ2) is 10.3. The van der Waals surface area contributed by atoms with E-state index in [9.17, 15) is 29.8 Å². The van der Waals surface area contributed by atoms with Crippen molar-refractivity contribution < 1.29 is 33.6 Å². The summed E-state index contributed by atoms with van der Waals surface area (Å²) >= 11 is 0. The molecule has 0 bridgehead atoms. The number of nitro groups is 2. The molecule has 0 heterocycles. The van der Waals surface area contributed by atoms with Gasteiger partial charge in [0.15, 0.2) is 17.2 Å². The van der Waals surface area contributed by atoms with E-state index in [1.807, 2.05) is 0 Å². The number of carbonyl (C=O) groups excluding carboxylic acids is 2. The van der Waals surface area contributed by atoms with Gasteiger partial charge in [0.1, 0.15) is 0 Å². The second-order valence-electron chi connectivity index (χ2n) is 7.13. The molecule has 0 radical (unpaired) electrons. The zero-order valence-corrected chi connectivity index (χ0v) is 18.8. The second-order valence-corrected chi connectivity index (χ2v) is 7.13. The monoisotopic (exact) mass is 481 g/mol. The van der Waals surface area contributed by atoms with Crippen molar-refractivity contribution in [3.05, 3.63) is 91.5 Å². The van der Waals surface area contributed by atoms with E-state index in [1.165, 1.54) is 50.6 Å². The van der Waals surface area contributed by atoms with Gasteiger partial charge in [-0.05, 0) is 36.8 Å². The normalized spacial score (nSPS) is 10.3. The van der Waals surface area contributed by atoms with E-state index >= 15 is 0 Å². The number of nitro benzene ring substituents is 2. The highest BCUT2D eigenvalue weighted by atomic mass is 16.6. The first-order valence-electron chi connectivity index (χ1n) is 9.93. The number of hydrogen-bond acceptors (Lipinski definition) is 9. The van der Waals surface area contributed by atoms with Crippen LogP contribution in [-0.2, 0) is 0 Å². The molecule has 0 aliphatic carbocycles. The Morgan fingerprint density at radius 1 is 0.771 bits per heavy atom. The highest BCUT2D eigenvalue weighted by Crippen LogP contribution is 2.32. The molecule has 0 saturated heterocycles. The number of hydrogen-bond donors (Lipinski definition) is 1. The maximum Gasteiger partial charge on any atom is 0.343 e. The van der Waals surface area contributed by atoms with Crippen molar-refractivity contribution in [1.82, 2.24) is 0 Å². The zero-order chi connectivity index (χ0) is 25.7. The number of nitrogens with zero attached hydrogens (tertiary/aromatic N) is 2. The first kappa shape index (κ1) is 24.6. The Morgan fingerprint density at radius 3 is 1.86 bits per heavy atom. The third-order valence-electron chi connectivity index (χ3n) is 4.84. The Hall–Kier alpha value is -5.00. The summed E-state index contributed by atoms with van der Waals surface area (Å²) in [5.74, 6) is -1.65. The summed E-state index contributed by atoms with van der Waals surface area (Å²) in [5.41, 5.74) is 0.333. The summed E-state index contributed by atoms with van der Waals surface area (Å²) in [6.45, 7) is 1.75. The molecule has 1 N–H and O–H groups in total. The third kappa shape index (κ3) is 5.50. The van der Waals surface area contributed by atoms with Crippen LogP contribution in [0.1, 0.15) is 26.3 Å². The number of carbonyl (C=O) groups is 2. The summed E-state index contributed by atoms with van der Waals surface area (Å²) in [6, 6.07) is 11.9. The molecule has 1 amide bonds. The maximum atomic E-state index is 12.8. The van der Waals surface area contributed by atoms with Crippen LogP contribution >= 0.6 is 0 Å². The summed E-state index contributed by atoms with van der Waals surface area (Å²) in [5, 5.41) is 24.8. The Kier molecular flexibility index (Phi) is 7.25. The van der Waals surface area contributed by atoms with Gasteiger partial charge in [-0.2, -0.15) is 0 Å². The lowest BCUT2D eigenvalue weighted by atomic mass is 10.1. The number of benzene rings is 3. The smallest absolute Gasteiger partial charge is 0.343 e. The van der Waals surface area contributed by atoms with E-state index in [-0.39, 0.29) is 45.4 Å². The molecule has 0 aliphatic rings. The number of amides is 1. The van der Waals surface area contributed by atoms with Gasteiger partial charge < -0.3 is 19.5 Å². The molecule has 3 aromatic rings. The van der Waals surface area contributed by atoms with Gasteiger partial charge in [0, 0.05) is 29.8 Å². The van der Waals surface area contributed by atoms with Gasteiger partial charge >= 0.3 is 17.3 Å². The molecule has 0 aliphatic heterocycles. The molecule has 12 nitrogen and oxygen atoms in total. The van der Waals surface area contributed by atoms with Crippen molar-refractivity contribution >= 4 is 28.9 Å². The number of rotatable bonds is 8. The molecule has 3 rings (SSSR count). The van der Waals surface area contributed by atoms with Gasteiger partial charge in [-0.25, -0.2) is 4.79 Å². The van der Waals surface area contributed by atoms with Gasteiger partial charge in [0.25, 0.3) is 5.91 Å². The van der Waals surface area contributed by atoms with Crippen molar-refractivity contribution in [3.8, 4) is 17.2 Å². The molecule has 0 unspecified atom stereocenters. The van der Waals surface area contributed by atoms with Crippen LogP contribution in [0.15, 0.2) is 54.6 Å². The van der Waals surface area contributed by atoms with Crippen molar-refractivity contribution in [2.45, 2.75) is 6.92 Å². The molecule has 0 spiro atoms. The zero-order valence-electron chi connectivity index (χ0n) is 18.8. The number of aryl methyl sites for hydroxylation is 1. The summed E-state index contributed by atoms with van der Waals surface area (Å²) in [4.78, 5) is 46.4. The van der Waals surface area contributed by atoms with Crippen LogP contribution in [0, 0.1) is 27.2 Å². The molecular weight excluding hydrogens is 462 g/mol. The third-order valence-corrected chi connectivity index (χ3v) is 4.84. The van der Waals surface area contributed by atoms with Crippen LogP contribution in [0.25, 0.3) is 0 Å². The van der Waals surface area contributed by atoms with Gasteiger partial charge in [-0.15, -0.1) is 0 Å². The molecule has 0 aromatic heterocycles. The minimum Gasteiger partial charge on any atom is -0.490 e. The van der Waals surface area contributed by atoms with E-state index in [2.05, 4.69) is 5.32 Å². The van der Waals surface area contributed by atoms with E-state index < -0.39 is 21.7 Å². The fraction of sp³-hybridized carbons (Fsp3) is 0.130. The molecule has 180 valence electrons. The summed E-state index contributed by atoms with van der Waals surface area (Å²) < 4.78 is 15.4. The Morgan fingerprint density at radius 2 is 1.31 bits per heavy atom. The summed E-state index contributed by atoms with van der Waals surface area (Å²) in [6.07, 6.45) is 0. The van der Waals surface area contributed by atoms with Crippen LogP contribution < -0.4 is 19.5 Å². The average Bonchev–Trinajstić information content (AvgIpc) is 2.84. The first-order chi connectivity index (χ1) is 16.6. The SMILES string of the molecule is COc1cc(C(=O)Nc2ccc(C)cc2OC(=O)c2ccc([N+](=O)[O-])c(OC)c2)ccc1[N+](=O)[O-]. The minimum atomic E-state index is -0.837. The fourth-order valence-corrected chi connectivity index (χ4v) is 3.10. The van der Waals surface area contributed by atoms with Crippen LogP contribution in [0.3, 0.4) is 0 Å². The predicted octanol–water partition coefficient (Wildman–Crippen LogP) is 4.30. The standard InChI is InChI=1S/C23H19N3O9/c1-13-4-7-16(24-22(27)14-5-8-17(25(29)30)20(11-14)33-2)19(10-13)35-23(28)15-6-9-18(26(31)32)21(12-15)34-3/h4-12H,1-3H3,(H,24,27). The van der Waals surface area contributed by atoms with Crippen molar-refractivity contribution in [2.24, 2.45) is 0 Å². The number of esters is 1. The Balaban J connectivity index is 1.87. The molecule has 0 atom stereocenters. The molecular formula is C23H19N3O9.